The Hall–Kier alpha value is -3.73. The third-order valence-electron chi connectivity index (χ3n) is 6.24. The number of aromatic nitrogens is 3. The summed E-state index contributed by atoms with van der Waals surface area (Å²) in [7, 11) is -0.486. The van der Waals surface area contributed by atoms with Gasteiger partial charge < -0.3 is 15.0 Å². The van der Waals surface area contributed by atoms with Crippen LogP contribution in [0.2, 0.25) is 0 Å². The molecule has 1 atom stereocenters. The molecule has 1 aromatic carbocycles. The van der Waals surface area contributed by atoms with Crippen molar-refractivity contribution in [3.63, 3.8) is 0 Å². The van der Waals surface area contributed by atoms with Crippen LogP contribution >= 0.6 is 0 Å². The Bertz CT molecular complexity index is 1530. The zero-order valence-electron chi connectivity index (χ0n) is 21.7. The van der Waals surface area contributed by atoms with Crippen LogP contribution in [0.15, 0.2) is 45.9 Å². The second-order valence-corrected chi connectivity index (χ2v) is 12.5. The van der Waals surface area contributed by atoms with E-state index < -0.39 is 9.73 Å². The van der Waals surface area contributed by atoms with Gasteiger partial charge in [-0.25, -0.2) is 8.89 Å². The van der Waals surface area contributed by atoms with Crippen molar-refractivity contribution in [2.45, 2.75) is 26.7 Å². The number of rotatable bonds is 1. The number of hydrogen-bond donors (Lipinski definition) is 1. The molecule has 2 aliphatic rings. The summed E-state index contributed by atoms with van der Waals surface area (Å²) >= 11 is 0. The van der Waals surface area contributed by atoms with E-state index in [-0.39, 0.29) is 11.8 Å². The van der Waals surface area contributed by atoms with Gasteiger partial charge in [0.2, 0.25) is 11.8 Å². The topological polar surface area (TPSA) is 114 Å². The lowest BCUT2D eigenvalue weighted by atomic mass is 10.1. The normalized spacial score (nSPS) is 19.3. The maximum absolute atomic E-state index is 13.4. The number of guanidine groups is 1. The number of amides is 1. The van der Waals surface area contributed by atoms with Crippen molar-refractivity contribution in [2.75, 3.05) is 35.9 Å². The Morgan fingerprint density at radius 1 is 1.22 bits per heavy atom. The molecule has 4 heterocycles. The second kappa shape index (κ2) is 9.62. The van der Waals surface area contributed by atoms with Gasteiger partial charge in [0.15, 0.2) is 0 Å². The Morgan fingerprint density at radius 2 is 2.03 bits per heavy atom. The van der Waals surface area contributed by atoms with E-state index in [2.05, 4.69) is 31.7 Å². The van der Waals surface area contributed by atoms with Crippen LogP contribution in [0.25, 0.3) is 11.3 Å². The number of hydrogen-bond acceptors (Lipinski definition) is 8. The number of fused-ring (bicyclic) bond motifs is 7. The van der Waals surface area contributed by atoms with Gasteiger partial charge in [-0.1, -0.05) is 6.92 Å². The summed E-state index contributed by atoms with van der Waals surface area (Å²) < 4.78 is 24.5. The number of ether oxygens (including phenoxy) is 1. The van der Waals surface area contributed by atoms with Crippen LogP contribution in [0.3, 0.4) is 0 Å². The molecule has 1 amide bonds. The van der Waals surface area contributed by atoms with Gasteiger partial charge in [-0.05, 0) is 56.0 Å². The molecule has 0 spiro atoms. The van der Waals surface area contributed by atoms with E-state index in [0.717, 1.165) is 29.8 Å². The minimum absolute atomic E-state index is 0.278. The third kappa shape index (κ3) is 5.36. The zero-order valence-corrected chi connectivity index (χ0v) is 22.5. The fourth-order valence-electron chi connectivity index (χ4n) is 4.60. The molecule has 10 nitrogen and oxygen atoms in total. The summed E-state index contributed by atoms with van der Waals surface area (Å²) in [5.74, 6) is 0.985. The van der Waals surface area contributed by atoms with E-state index in [1.807, 2.05) is 37.1 Å². The molecule has 0 saturated carbocycles. The van der Waals surface area contributed by atoms with E-state index in [4.69, 9.17) is 4.74 Å². The summed E-state index contributed by atoms with van der Waals surface area (Å²) in [6.07, 6.45) is 6.69. The molecule has 37 heavy (non-hydrogen) atoms. The predicted molar refractivity (Wildman–Crippen MR) is 146 cm³/mol. The van der Waals surface area contributed by atoms with Gasteiger partial charge in [0.05, 0.1) is 41.1 Å². The molecule has 0 aliphatic carbocycles. The van der Waals surface area contributed by atoms with Crippen molar-refractivity contribution in [2.24, 2.45) is 22.3 Å². The summed E-state index contributed by atoms with van der Waals surface area (Å²) in [6, 6.07) is 9.06. The first-order valence-electron chi connectivity index (χ1n) is 12.2. The highest BCUT2D eigenvalue weighted by molar-refractivity contribution is 7.92. The molecule has 0 fully saturated rings. The Kier molecular flexibility index (Phi) is 6.49. The molecule has 2 aliphatic heterocycles. The molecule has 11 heteroatoms. The zero-order chi connectivity index (χ0) is 26.3. The van der Waals surface area contributed by atoms with Crippen LogP contribution in [0.5, 0.6) is 5.88 Å². The number of benzene rings is 1. The van der Waals surface area contributed by atoms with Gasteiger partial charge in [0.25, 0.3) is 5.91 Å². The average Bonchev–Trinajstić information content (AvgIpc) is 3.34. The number of carbonyl (C=O) groups is 1. The smallest absolute Gasteiger partial charge is 0.280 e. The SMILES string of the molecule is Cc1cc2cc(n1)-c1cnn(C)c1OCCCC(C)CN1/C(=N/C2=O)Nc2ccc(N=S(C)(C)=O)cc21. The summed E-state index contributed by atoms with van der Waals surface area (Å²) in [4.78, 5) is 24.6. The lowest BCUT2D eigenvalue weighted by Crippen LogP contribution is -2.35. The molecule has 3 aromatic rings. The number of nitrogens with one attached hydrogen (secondary N) is 1. The molecule has 0 radical (unpaired) electrons. The molecular formula is C26H31N7O3S. The van der Waals surface area contributed by atoms with Gasteiger partial charge in [-0.15, -0.1) is 0 Å². The first-order valence-corrected chi connectivity index (χ1v) is 14.5. The molecule has 1 N–H and O–H groups in total. The van der Waals surface area contributed by atoms with Crippen molar-refractivity contribution < 1.29 is 13.7 Å². The van der Waals surface area contributed by atoms with Crippen LogP contribution in [0.4, 0.5) is 17.1 Å². The molecule has 1 unspecified atom stereocenters. The monoisotopic (exact) mass is 521 g/mol. The lowest BCUT2D eigenvalue weighted by molar-refractivity contribution is 0.100. The maximum atomic E-state index is 13.4. The van der Waals surface area contributed by atoms with Crippen molar-refractivity contribution in [3.05, 3.63) is 47.8 Å². The predicted octanol–water partition coefficient (Wildman–Crippen LogP) is 4.39. The number of nitrogens with zero attached hydrogens (tertiary/aromatic N) is 6. The molecule has 0 saturated heterocycles. The van der Waals surface area contributed by atoms with E-state index in [0.29, 0.717) is 47.6 Å². The highest BCUT2D eigenvalue weighted by Crippen LogP contribution is 2.37. The summed E-state index contributed by atoms with van der Waals surface area (Å²) in [5, 5.41) is 7.65. The molecule has 2 aromatic heterocycles. The third-order valence-corrected chi connectivity index (χ3v) is 6.89. The van der Waals surface area contributed by atoms with Crippen molar-refractivity contribution in [3.8, 4) is 17.1 Å². The second-order valence-electron chi connectivity index (χ2n) is 9.92. The van der Waals surface area contributed by atoms with Crippen LogP contribution in [-0.4, -0.2) is 56.5 Å². The van der Waals surface area contributed by atoms with Gasteiger partial charge in [0.1, 0.15) is 0 Å². The highest BCUT2D eigenvalue weighted by atomic mass is 32.2. The van der Waals surface area contributed by atoms with Crippen molar-refractivity contribution in [1.82, 2.24) is 14.8 Å². The number of aliphatic imine (C=N–C) groups is 1. The first-order chi connectivity index (χ1) is 17.6. The van der Waals surface area contributed by atoms with Crippen molar-refractivity contribution >= 4 is 38.7 Å². The Morgan fingerprint density at radius 3 is 2.81 bits per heavy atom. The molecule has 2 bridgehead atoms. The molecule has 5 rings (SSSR count). The lowest BCUT2D eigenvalue weighted by Gasteiger charge is -2.23. The van der Waals surface area contributed by atoms with Gasteiger partial charge in [0, 0.05) is 47.1 Å². The minimum atomic E-state index is -2.32. The number of aryl methyl sites for hydroxylation is 2. The van der Waals surface area contributed by atoms with Crippen LogP contribution in [0, 0.1) is 12.8 Å². The minimum Gasteiger partial charge on any atom is -0.477 e. The highest BCUT2D eigenvalue weighted by Gasteiger charge is 2.28. The number of pyridine rings is 1. The quantitative estimate of drug-likeness (QED) is 0.505. The molecule has 194 valence electrons. The van der Waals surface area contributed by atoms with Crippen LogP contribution in [-0.2, 0) is 16.8 Å². The first kappa shape index (κ1) is 24.9. The fourth-order valence-corrected chi connectivity index (χ4v) is 5.22. The van der Waals surface area contributed by atoms with Crippen molar-refractivity contribution in [1.29, 1.82) is 0 Å². The van der Waals surface area contributed by atoms with Gasteiger partial charge in [-0.3, -0.25) is 9.78 Å². The molecular weight excluding hydrogens is 490 g/mol. The summed E-state index contributed by atoms with van der Waals surface area (Å²) in [6.45, 7) is 5.19. The van der Waals surface area contributed by atoms with E-state index in [9.17, 15) is 9.00 Å². The Balaban J connectivity index is 1.59. The number of carbonyl (C=O) groups excluding carboxylic acids is 1. The van der Waals surface area contributed by atoms with E-state index in [1.165, 1.54) is 0 Å². The van der Waals surface area contributed by atoms with Gasteiger partial charge in [-0.2, -0.15) is 14.5 Å². The van der Waals surface area contributed by atoms with Crippen LogP contribution < -0.4 is 15.0 Å². The maximum Gasteiger partial charge on any atom is 0.280 e. The number of anilines is 2. The average molecular weight is 522 g/mol. The largest absolute Gasteiger partial charge is 0.477 e. The Labute approximate surface area is 216 Å². The van der Waals surface area contributed by atoms with Gasteiger partial charge >= 0.3 is 0 Å². The standard InChI is InChI=1S/C26H31N7O3S/c1-16-7-6-10-36-25-20(14-27-32(25)3)22-12-18(11-17(2)28-22)24(34)30-26-29-21-9-8-19(31-37(4,5)35)13-23(21)33(26)15-16/h8-9,11-14,16H,6-7,10,15H2,1-5H3,(H,29,30,34). The fraction of sp³-hybridized carbons (Fsp3) is 0.385. The van der Waals surface area contributed by atoms with E-state index >= 15 is 0 Å². The van der Waals surface area contributed by atoms with Crippen LogP contribution in [0.1, 0.15) is 35.8 Å². The van der Waals surface area contributed by atoms with E-state index in [1.54, 1.807) is 35.5 Å². The summed E-state index contributed by atoms with van der Waals surface area (Å²) in [5.41, 5.74) is 4.79.